The molecule has 1 heterocycles. The highest BCUT2D eigenvalue weighted by Crippen LogP contribution is 2.36. The number of carboxylic acids is 1. The molecule has 6 heteroatoms. The molecule has 0 fully saturated rings. The maximum atomic E-state index is 10.9. The molecule has 0 amide bonds. The van der Waals surface area contributed by atoms with Crippen LogP contribution in [0.4, 0.5) is 0 Å². The van der Waals surface area contributed by atoms with Gasteiger partial charge in [0.05, 0.1) is 0 Å². The number of hydrogen-bond acceptors (Lipinski definition) is 5. The van der Waals surface area contributed by atoms with Crippen LogP contribution >= 0.6 is 0 Å². The second-order valence-corrected chi connectivity index (χ2v) is 7.39. The Morgan fingerprint density at radius 2 is 1.88 bits per heavy atom. The van der Waals surface area contributed by atoms with E-state index >= 15 is 0 Å². The fourth-order valence-corrected chi connectivity index (χ4v) is 3.81. The molecule has 1 aromatic heterocycles. The molecule has 0 unspecified atom stereocenters. The number of ether oxygens (including phenoxy) is 1. The number of allylic oxidation sites excluding steroid dienone is 1. The van der Waals surface area contributed by atoms with Crippen molar-refractivity contribution in [2.24, 2.45) is 5.16 Å². The van der Waals surface area contributed by atoms with Gasteiger partial charge in [0.15, 0.2) is 6.61 Å². The summed E-state index contributed by atoms with van der Waals surface area (Å²) in [6.45, 7) is -0.0183. The normalized spacial score (nSPS) is 14.6. The molecule has 0 aliphatic heterocycles. The van der Waals surface area contributed by atoms with E-state index < -0.39 is 5.97 Å². The predicted octanol–water partition coefficient (Wildman–Crippen LogP) is 4.73. The number of aromatic nitrogens is 1. The van der Waals surface area contributed by atoms with Crippen molar-refractivity contribution < 1.29 is 19.5 Å². The molecule has 0 atom stereocenters. The molecule has 0 saturated carbocycles. The van der Waals surface area contributed by atoms with Crippen LogP contribution in [0.3, 0.4) is 0 Å². The van der Waals surface area contributed by atoms with Crippen LogP contribution in [-0.4, -0.2) is 35.0 Å². The Bertz CT molecular complexity index is 1080. The summed E-state index contributed by atoms with van der Waals surface area (Å²) in [5.41, 5.74) is 5.86. The number of fused-ring (bicyclic) bond motifs is 1. The van der Waals surface area contributed by atoms with Gasteiger partial charge in [-0.1, -0.05) is 47.6 Å². The lowest BCUT2D eigenvalue weighted by molar-refractivity contribution is -0.139. The SMILES string of the molecule is O=C(O)COc1cccc2c1CCC/C2=C/CO/N=C(/c1ccccc1)c1cccnc1. The molecule has 0 radical (unpaired) electrons. The number of hydrogen-bond donors (Lipinski definition) is 1. The van der Waals surface area contributed by atoms with Gasteiger partial charge in [-0.15, -0.1) is 0 Å². The Morgan fingerprint density at radius 1 is 1.03 bits per heavy atom. The second-order valence-electron chi connectivity index (χ2n) is 7.39. The van der Waals surface area contributed by atoms with Gasteiger partial charge in [0, 0.05) is 29.1 Å². The van der Waals surface area contributed by atoms with Gasteiger partial charge >= 0.3 is 5.97 Å². The number of pyridine rings is 1. The van der Waals surface area contributed by atoms with E-state index in [-0.39, 0.29) is 6.61 Å². The van der Waals surface area contributed by atoms with Crippen molar-refractivity contribution in [3.8, 4) is 5.75 Å². The molecule has 4 rings (SSSR count). The minimum Gasteiger partial charge on any atom is -0.482 e. The fraction of sp³-hybridized carbons (Fsp3) is 0.192. The Hall–Kier alpha value is -3.93. The quantitative estimate of drug-likeness (QED) is 0.319. The van der Waals surface area contributed by atoms with Gasteiger partial charge in [0.25, 0.3) is 0 Å². The lowest BCUT2D eigenvalue weighted by Crippen LogP contribution is -2.12. The van der Waals surface area contributed by atoms with E-state index in [1.165, 1.54) is 0 Å². The Balaban J connectivity index is 1.52. The first-order valence-electron chi connectivity index (χ1n) is 10.5. The number of carbonyl (C=O) groups is 1. The van der Waals surface area contributed by atoms with Gasteiger partial charge in [-0.05, 0) is 54.7 Å². The van der Waals surface area contributed by atoms with Gasteiger partial charge in [-0.25, -0.2) is 4.79 Å². The van der Waals surface area contributed by atoms with E-state index in [1.807, 2.05) is 66.7 Å². The summed E-state index contributed by atoms with van der Waals surface area (Å²) >= 11 is 0. The largest absolute Gasteiger partial charge is 0.482 e. The number of nitrogens with zero attached hydrogens (tertiary/aromatic N) is 2. The Kier molecular flexibility index (Phi) is 6.92. The van der Waals surface area contributed by atoms with Gasteiger partial charge < -0.3 is 14.7 Å². The molecular formula is C26H24N2O4. The van der Waals surface area contributed by atoms with Crippen molar-refractivity contribution in [2.75, 3.05) is 13.2 Å². The minimum atomic E-state index is -0.983. The second kappa shape index (κ2) is 10.4. The molecule has 1 aliphatic carbocycles. The highest BCUT2D eigenvalue weighted by Gasteiger charge is 2.18. The molecule has 3 aromatic rings. The fourth-order valence-electron chi connectivity index (χ4n) is 3.81. The molecule has 6 nitrogen and oxygen atoms in total. The van der Waals surface area contributed by atoms with Gasteiger partial charge in [-0.3, -0.25) is 4.98 Å². The summed E-state index contributed by atoms with van der Waals surface area (Å²) in [7, 11) is 0. The molecule has 1 N–H and O–H groups in total. The average molecular weight is 428 g/mol. The van der Waals surface area contributed by atoms with E-state index in [4.69, 9.17) is 14.7 Å². The van der Waals surface area contributed by atoms with Crippen molar-refractivity contribution >= 4 is 17.3 Å². The van der Waals surface area contributed by atoms with Crippen molar-refractivity contribution in [3.05, 3.63) is 101 Å². The highest BCUT2D eigenvalue weighted by molar-refractivity contribution is 6.12. The summed E-state index contributed by atoms with van der Waals surface area (Å²) in [6.07, 6.45) is 8.29. The number of aliphatic carboxylic acids is 1. The minimum absolute atomic E-state index is 0.325. The monoisotopic (exact) mass is 428 g/mol. The van der Waals surface area contributed by atoms with Gasteiger partial charge in [0.1, 0.15) is 18.1 Å². The number of benzene rings is 2. The first-order valence-corrected chi connectivity index (χ1v) is 10.5. The van der Waals surface area contributed by atoms with E-state index in [0.29, 0.717) is 12.4 Å². The van der Waals surface area contributed by atoms with Crippen LogP contribution in [0.1, 0.15) is 35.1 Å². The van der Waals surface area contributed by atoms with Crippen LogP contribution in [-0.2, 0) is 16.1 Å². The molecule has 0 bridgehead atoms. The average Bonchev–Trinajstić information content (AvgIpc) is 2.84. The van der Waals surface area contributed by atoms with E-state index in [0.717, 1.165) is 52.8 Å². The van der Waals surface area contributed by atoms with Gasteiger partial charge in [0.2, 0.25) is 0 Å². The third-order valence-corrected chi connectivity index (χ3v) is 5.25. The summed E-state index contributed by atoms with van der Waals surface area (Å²) in [5.74, 6) is -0.347. The molecule has 162 valence electrons. The summed E-state index contributed by atoms with van der Waals surface area (Å²) in [6, 6.07) is 19.5. The van der Waals surface area contributed by atoms with E-state index in [9.17, 15) is 4.79 Å². The van der Waals surface area contributed by atoms with Gasteiger partial charge in [-0.2, -0.15) is 0 Å². The first kappa shape index (κ1) is 21.3. The smallest absolute Gasteiger partial charge is 0.341 e. The summed E-state index contributed by atoms with van der Waals surface area (Å²) in [4.78, 5) is 20.8. The Labute approximate surface area is 186 Å². The predicted molar refractivity (Wildman–Crippen MR) is 123 cm³/mol. The van der Waals surface area contributed by atoms with Crippen LogP contribution < -0.4 is 4.74 Å². The maximum absolute atomic E-state index is 10.9. The maximum Gasteiger partial charge on any atom is 0.341 e. The molecule has 0 spiro atoms. The standard InChI is InChI=1S/C26H24N2O4/c29-25(30)18-31-24-13-5-11-22-19(9-4-12-23(22)24)14-16-32-28-26(20-7-2-1-3-8-20)21-10-6-15-27-17-21/h1-3,5-8,10-11,13-15,17H,4,9,12,16,18H2,(H,29,30)/b19-14-,28-26-. The molecule has 32 heavy (non-hydrogen) atoms. The van der Waals surface area contributed by atoms with Crippen LogP contribution in [0.5, 0.6) is 5.75 Å². The van der Waals surface area contributed by atoms with Crippen LogP contribution in [0.25, 0.3) is 5.57 Å². The summed E-state index contributed by atoms with van der Waals surface area (Å²) < 4.78 is 5.48. The third kappa shape index (κ3) is 5.21. The van der Waals surface area contributed by atoms with Crippen LogP contribution in [0, 0.1) is 0 Å². The molecule has 2 aromatic carbocycles. The topological polar surface area (TPSA) is 81.0 Å². The van der Waals surface area contributed by atoms with Crippen molar-refractivity contribution in [1.29, 1.82) is 0 Å². The lowest BCUT2D eigenvalue weighted by atomic mass is 9.86. The lowest BCUT2D eigenvalue weighted by Gasteiger charge is -2.21. The zero-order valence-corrected chi connectivity index (χ0v) is 17.6. The van der Waals surface area contributed by atoms with Crippen molar-refractivity contribution in [3.63, 3.8) is 0 Å². The third-order valence-electron chi connectivity index (χ3n) is 5.25. The molecule has 1 aliphatic rings. The zero-order valence-electron chi connectivity index (χ0n) is 17.6. The zero-order chi connectivity index (χ0) is 22.2. The molecular weight excluding hydrogens is 404 g/mol. The summed E-state index contributed by atoms with van der Waals surface area (Å²) in [5, 5.41) is 13.3. The van der Waals surface area contributed by atoms with Crippen molar-refractivity contribution in [2.45, 2.75) is 19.3 Å². The first-order chi connectivity index (χ1) is 15.7. The highest BCUT2D eigenvalue weighted by atomic mass is 16.6. The molecule has 0 saturated heterocycles. The Morgan fingerprint density at radius 3 is 2.66 bits per heavy atom. The number of oxime groups is 1. The van der Waals surface area contributed by atoms with E-state index in [1.54, 1.807) is 12.4 Å². The number of rotatable bonds is 8. The van der Waals surface area contributed by atoms with E-state index in [2.05, 4.69) is 10.1 Å². The van der Waals surface area contributed by atoms with Crippen LogP contribution in [0.15, 0.2) is 84.3 Å². The van der Waals surface area contributed by atoms with Crippen molar-refractivity contribution in [1.82, 2.24) is 4.98 Å². The van der Waals surface area contributed by atoms with Crippen LogP contribution in [0.2, 0.25) is 0 Å². The number of carboxylic acid groups (broad SMARTS) is 1.